The van der Waals surface area contributed by atoms with E-state index in [0.717, 1.165) is 29.5 Å². The van der Waals surface area contributed by atoms with Crippen molar-refractivity contribution in [2.75, 3.05) is 13.2 Å². The van der Waals surface area contributed by atoms with Gasteiger partial charge in [-0.15, -0.1) is 11.3 Å². The van der Waals surface area contributed by atoms with Gasteiger partial charge in [-0.05, 0) is 26.7 Å². The van der Waals surface area contributed by atoms with Crippen molar-refractivity contribution in [1.29, 1.82) is 0 Å². The first-order valence-electron chi connectivity index (χ1n) is 6.13. The Balaban J connectivity index is 1.74. The number of carbonyl (C=O) groups is 1. The number of ether oxygens (including phenoxy) is 1. The number of aromatic nitrogens is 1. The SMILES string of the molecule is Cc1csc(S[C@H](C)C(=O)NC[C@H]2CCCO2)n1. The summed E-state index contributed by atoms with van der Waals surface area (Å²) in [5, 5.41) is 4.83. The second kappa shape index (κ2) is 6.54. The van der Waals surface area contributed by atoms with Crippen molar-refractivity contribution in [3.63, 3.8) is 0 Å². The number of hydrogen-bond acceptors (Lipinski definition) is 5. The summed E-state index contributed by atoms with van der Waals surface area (Å²) in [7, 11) is 0. The van der Waals surface area contributed by atoms with E-state index in [1.165, 1.54) is 11.8 Å². The summed E-state index contributed by atoms with van der Waals surface area (Å²) in [5.41, 5.74) is 1.01. The molecule has 0 aromatic carbocycles. The zero-order valence-electron chi connectivity index (χ0n) is 10.6. The Kier molecular flexibility index (Phi) is 5.03. The number of thioether (sulfide) groups is 1. The fourth-order valence-electron chi connectivity index (χ4n) is 1.75. The molecular formula is C12H18N2O2S2. The molecule has 0 saturated carbocycles. The number of amides is 1. The molecule has 2 heterocycles. The van der Waals surface area contributed by atoms with Gasteiger partial charge >= 0.3 is 0 Å². The van der Waals surface area contributed by atoms with Crippen LogP contribution in [0.15, 0.2) is 9.72 Å². The van der Waals surface area contributed by atoms with Gasteiger partial charge in [-0.2, -0.15) is 0 Å². The van der Waals surface area contributed by atoms with Crippen LogP contribution in [-0.4, -0.2) is 35.4 Å². The van der Waals surface area contributed by atoms with Crippen molar-refractivity contribution in [2.24, 2.45) is 0 Å². The second-order valence-corrected chi connectivity index (χ2v) is 6.84. The minimum absolute atomic E-state index is 0.0587. The van der Waals surface area contributed by atoms with Crippen LogP contribution in [0.2, 0.25) is 0 Å². The van der Waals surface area contributed by atoms with Gasteiger partial charge in [0.25, 0.3) is 0 Å². The summed E-state index contributed by atoms with van der Waals surface area (Å²) < 4.78 is 6.42. The van der Waals surface area contributed by atoms with E-state index in [0.29, 0.717) is 6.54 Å². The van der Waals surface area contributed by atoms with E-state index in [9.17, 15) is 4.79 Å². The average molecular weight is 286 g/mol. The summed E-state index contributed by atoms with van der Waals surface area (Å²) in [5.74, 6) is 0.0587. The molecule has 0 radical (unpaired) electrons. The van der Waals surface area contributed by atoms with E-state index in [2.05, 4.69) is 10.3 Å². The Hall–Kier alpha value is -0.590. The van der Waals surface area contributed by atoms with Gasteiger partial charge in [-0.25, -0.2) is 4.98 Å². The highest BCUT2D eigenvalue weighted by atomic mass is 32.2. The predicted molar refractivity (Wildman–Crippen MR) is 74.2 cm³/mol. The fraction of sp³-hybridized carbons (Fsp3) is 0.667. The molecule has 0 unspecified atom stereocenters. The summed E-state index contributed by atoms with van der Waals surface area (Å²) >= 11 is 3.10. The van der Waals surface area contributed by atoms with Gasteiger partial charge in [0.05, 0.1) is 11.4 Å². The van der Waals surface area contributed by atoms with Gasteiger partial charge in [0, 0.05) is 24.2 Å². The molecule has 1 aliphatic rings. The molecule has 6 heteroatoms. The van der Waals surface area contributed by atoms with Crippen LogP contribution in [0.3, 0.4) is 0 Å². The van der Waals surface area contributed by atoms with Gasteiger partial charge in [-0.3, -0.25) is 4.79 Å². The lowest BCUT2D eigenvalue weighted by atomic mass is 10.2. The van der Waals surface area contributed by atoms with Crippen LogP contribution in [0.25, 0.3) is 0 Å². The molecular weight excluding hydrogens is 268 g/mol. The van der Waals surface area contributed by atoms with Crippen LogP contribution in [-0.2, 0) is 9.53 Å². The number of nitrogens with zero attached hydrogens (tertiary/aromatic N) is 1. The molecule has 1 saturated heterocycles. The molecule has 1 amide bonds. The Bertz CT molecular complexity index is 403. The van der Waals surface area contributed by atoms with E-state index < -0.39 is 0 Å². The van der Waals surface area contributed by atoms with Gasteiger partial charge in [0.2, 0.25) is 5.91 Å². The third-order valence-electron chi connectivity index (χ3n) is 2.77. The molecule has 0 aliphatic carbocycles. The van der Waals surface area contributed by atoms with E-state index >= 15 is 0 Å². The normalized spacial score (nSPS) is 20.9. The summed E-state index contributed by atoms with van der Waals surface area (Å²) in [6.45, 7) is 5.32. The Morgan fingerprint density at radius 3 is 3.22 bits per heavy atom. The first-order valence-corrected chi connectivity index (χ1v) is 7.89. The lowest BCUT2D eigenvalue weighted by Crippen LogP contribution is -2.36. The number of hydrogen-bond donors (Lipinski definition) is 1. The van der Waals surface area contributed by atoms with Crippen LogP contribution in [0.4, 0.5) is 0 Å². The summed E-state index contributed by atoms with van der Waals surface area (Å²) in [6.07, 6.45) is 2.35. The topological polar surface area (TPSA) is 51.2 Å². The number of rotatable bonds is 5. The first-order chi connectivity index (χ1) is 8.65. The summed E-state index contributed by atoms with van der Waals surface area (Å²) in [4.78, 5) is 16.2. The van der Waals surface area contributed by atoms with Gasteiger partial charge in [0.1, 0.15) is 0 Å². The molecule has 1 aromatic rings. The largest absolute Gasteiger partial charge is 0.376 e. The zero-order valence-corrected chi connectivity index (χ0v) is 12.3. The first kappa shape index (κ1) is 13.8. The minimum atomic E-state index is -0.114. The lowest BCUT2D eigenvalue weighted by Gasteiger charge is -2.13. The predicted octanol–water partition coefficient (Wildman–Crippen LogP) is 2.23. The maximum absolute atomic E-state index is 11.9. The quantitative estimate of drug-likeness (QED) is 0.843. The third kappa shape index (κ3) is 3.96. The molecule has 2 rings (SSSR count). The van der Waals surface area contributed by atoms with E-state index in [1.54, 1.807) is 11.3 Å². The van der Waals surface area contributed by atoms with Crippen LogP contribution < -0.4 is 5.32 Å². The second-order valence-electron chi connectivity index (χ2n) is 4.40. The highest BCUT2D eigenvalue weighted by molar-refractivity contribution is 8.02. The third-order valence-corrected chi connectivity index (χ3v) is 4.96. The van der Waals surface area contributed by atoms with Crippen molar-refractivity contribution in [2.45, 2.75) is 42.4 Å². The maximum atomic E-state index is 11.9. The van der Waals surface area contributed by atoms with E-state index in [4.69, 9.17) is 4.74 Å². The average Bonchev–Trinajstić information content (AvgIpc) is 2.97. The van der Waals surface area contributed by atoms with E-state index in [1.807, 2.05) is 19.2 Å². The van der Waals surface area contributed by atoms with Crippen LogP contribution in [0.5, 0.6) is 0 Å². The molecule has 1 fully saturated rings. The number of thiazole rings is 1. The van der Waals surface area contributed by atoms with Gasteiger partial charge < -0.3 is 10.1 Å². The molecule has 4 nitrogen and oxygen atoms in total. The van der Waals surface area contributed by atoms with Crippen molar-refractivity contribution < 1.29 is 9.53 Å². The van der Waals surface area contributed by atoms with Crippen molar-refractivity contribution >= 4 is 29.0 Å². The van der Waals surface area contributed by atoms with Crippen molar-refractivity contribution in [3.8, 4) is 0 Å². The van der Waals surface area contributed by atoms with Crippen molar-refractivity contribution in [3.05, 3.63) is 11.1 Å². The smallest absolute Gasteiger partial charge is 0.233 e. The molecule has 1 aliphatic heterocycles. The maximum Gasteiger partial charge on any atom is 0.233 e. The minimum Gasteiger partial charge on any atom is -0.376 e. The summed E-state index contributed by atoms with van der Waals surface area (Å²) in [6, 6.07) is 0. The molecule has 1 N–H and O–H groups in total. The number of aryl methyl sites for hydroxylation is 1. The molecule has 18 heavy (non-hydrogen) atoms. The van der Waals surface area contributed by atoms with Crippen LogP contribution in [0, 0.1) is 6.92 Å². The molecule has 0 spiro atoms. The Labute approximate surface area is 116 Å². The Morgan fingerprint density at radius 1 is 1.78 bits per heavy atom. The highest BCUT2D eigenvalue weighted by Crippen LogP contribution is 2.26. The van der Waals surface area contributed by atoms with Crippen LogP contribution >= 0.6 is 23.1 Å². The monoisotopic (exact) mass is 286 g/mol. The molecule has 100 valence electrons. The Morgan fingerprint density at radius 2 is 2.61 bits per heavy atom. The van der Waals surface area contributed by atoms with Crippen LogP contribution in [0.1, 0.15) is 25.5 Å². The van der Waals surface area contributed by atoms with Crippen molar-refractivity contribution in [1.82, 2.24) is 10.3 Å². The number of nitrogens with one attached hydrogen (secondary N) is 1. The molecule has 1 aromatic heterocycles. The van der Waals surface area contributed by atoms with Gasteiger partial charge in [-0.1, -0.05) is 11.8 Å². The fourth-order valence-corrected chi connectivity index (χ4v) is 3.76. The van der Waals surface area contributed by atoms with Gasteiger partial charge in [0.15, 0.2) is 4.34 Å². The highest BCUT2D eigenvalue weighted by Gasteiger charge is 2.19. The number of carbonyl (C=O) groups excluding carboxylic acids is 1. The van der Waals surface area contributed by atoms with E-state index in [-0.39, 0.29) is 17.3 Å². The molecule has 2 atom stereocenters. The zero-order chi connectivity index (χ0) is 13.0. The lowest BCUT2D eigenvalue weighted by molar-refractivity contribution is -0.120. The molecule has 0 bridgehead atoms. The standard InChI is InChI=1S/C12H18N2O2S2/c1-8-7-17-12(14-8)18-9(2)11(15)13-6-10-4-3-5-16-10/h7,9-10H,3-6H2,1-2H3,(H,13,15)/t9-,10-/m1/s1.